The third-order valence-electron chi connectivity index (χ3n) is 1.89. The molecule has 0 N–H and O–H groups in total. The molecule has 0 bridgehead atoms. The third-order valence-corrected chi connectivity index (χ3v) is 1.89. The van der Waals surface area contributed by atoms with Crippen molar-refractivity contribution < 1.29 is 14.3 Å². The van der Waals surface area contributed by atoms with E-state index >= 15 is 0 Å². The molecule has 4 nitrogen and oxygen atoms in total. The normalized spacial score (nSPS) is 11.5. The van der Waals surface area contributed by atoms with Gasteiger partial charge in [-0.1, -0.05) is 6.58 Å². The molecule has 0 spiro atoms. The Kier molecular flexibility index (Phi) is 3.74. The van der Waals surface area contributed by atoms with Gasteiger partial charge in [0.05, 0.1) is 6.26 Å². The molecule has 4 heteroatoms. The third kappa shape index (κ3) is 2.74. The minimum atomic E-state index is -0.841. The predicted octanol–water partition coefficient (Wildman–Crippen LogP) is 1.59. The zero-order valence-corrected chi connectivity index (χ0v) is 8.34. The molecule has 0 aliphatic heterocycles. The molecule has 0 fully saturated rings. The molecule has 1 unspecified atom stereocenters. The van der Waals surface area contributed by atoms with Crippen molar-refractivity contribution >= 4 is 11.8 Å². The van der Waals surface area contributed by atoms with Crippen LogP contribution in [0, 0.1) is 5.92 Å². The number of esters is 1. The Bertz CT molecular complexity index is 373. The maximum absolute atomic E-state index is 11.7. The molecule has 0 aromatic carbocycles. The molecule has 0 aliphatic carbocycles. The highest BCUT2D eigenvalue weighted by Gasteiger charge is 2.23. The van der Waals surface area contributed by atoms with Gasteiger partial charge in [-0.15, -0.1) is 0 Å². The molecule has 15 heavy (non-hydrogen) atoms. The Morgan fingerprint density at radius 2 is 2.33 bits per heavy atom. The van der Waals surface area contributed by atoms with Crippen LogP contribution in [-0.4, -0.2) is 16.7 Å². The molecule has 0 saturated carbocycles. The molecule has 0 aliphatic rings. The van der Waals surface area contributed by atoms with E-state index in [1.54, 1.807) is 18.3 Å². The molecule has 78 valence electrons. The SMILES string of the molecule is C=COC(=O)C(C)C(=O)c1cccnc1. The molecule has 1 aromatic heterocycles. The van der Waals surface area contributed by atoms with Crippen LogP contribution in [0.2, 0.25) is 0 Å². The number of ether oxygens (including phenoxy) is 1. The van der Waals surface area contributed by atoms with Gasteiger partial charge in [-0.25, -0.2) is 0 Å². The van der Waals surface area contributed by atoms with Crippen LogP contribution in [0.1, 0.15) is 17.3 Å². The van der Waals surface area contributed by atoms with Crippen molar-refractivity contribution in [1.29, 1.82) is 0 Å². The summed E-state index contributed by atoms with van der Waals surface area (Å²) in [4.78, 5) is 26.7. The number of rotatable bonds is 4. The van der Waals surface area contributed by atoms with Crippen molar-refractivity contribution in [3.8, 4) is 0 Å². The second-order valence-corrected chi connectivity index (χ2v) is 2.93. The molecule has 0 amide bonds. The molecule has 0 saturated heterocycles. The summed E-state index contributed by atoms with van der Waals surface area (Å²) in [5.41, 5.74) is 0.394. The average molecular weight is 205 g/mol. The van der Waals surface area contributed by atoms with Gasteiger partial charge in [-0.2, -0.15) is 0 Å². The van der Waals surface area contributed by atoms with Crippen LogP contribution >= 0.6 is 0 Å². The van der Waals surface area contributed by atoms with Crippen molar-refractivity contribution in [2.24, 2.45) is 5.92 Å². The first-order valence-electron chi connectivity index (χ1n) is 4.42. The van der Waals surface area contributed by atoms with E-state index in [-0.39, 0.29) is 5.78 Å². The average Bonchev–Trinajstić information content (AvgIpc) is 2.28. The number of hydrogen-bond acceptors (Lipinski definition) is 4. The number of ketones is 1. The van der Waals surface area contributed by atoms with Gasteiger partial charge in [0, 0.05) is 18.0 Å². The highest BCUT2D eigenvalue weighted by atomic mass is 16.5. The number of nitrogens with zero attached hydrogens (tertiary/aromatic N) is 1. The first-order chi connectivity index (χ1) is 7.16. The Morgan fingerprint density at radius 1 is 1.60 bits per heavy atom. The van der Waals surface area contributed by atoms with Gasteiger partial charge >= 0.3 is 5.97 Å². The number of pyridine rings is 1. The quantitative estimate of drug-likeness (QED) is 0.324. The van der Waals surface area contributed by atoms with E-state index in [2.05, 4.69) is 16.3 Å². The lowest BCUT2D eigenvalue weighted by atomic mass is 10.0. The Balaban J connectivity index is 2.77. The van der Waals surface area contributed by atoms with Gasteiger partial charge in [0.2, 0.25) is 0 Å². The highest BCUT2D eigenvalue weighted by molar-refractivity contribution is 6.08. The van der Waals surface area contributed by atoms with Gasteiger partial charge in [-0.05, 0) is 19.1 Å². The van der Waals surface area contributed by atoms with E-state index in [1.807, 2.05) is 0 Å². The second-order valence-electron chi connectivity index (χ2n) is 2.93. The largest absolute Gasteiger partial charge is 0.435 e. The van der Waals surface area contributed by atoms with Crippen molar-refractivity contribution in [3.63, 3.8) is 0 Å². The molecule has 1 heterocycles. The summed E-state index contributed by atoms with van der Waals surface area (Å²) in [5.74, 6) is -1.76. The predicted molar refractivity (Wildman–Crippen MR) is 54.0 cm³/mol. The van der Waals surface area contributed by atoms with Gasteiger partial charge in [0.15, 0.2) is 5.78 Å². The number of hydrogen-bond donors (Lipinski definition) is 0. The summed E-state index contributed by atoms with van der Waals surface area (Å²) in [6.07, 6.45) is 3.99. The zero-order valence-electron chi connectivity index (χ0n) is 8.34. The monoisotopic (exact) mass is 205 g/mol. The minimum absolute atomic E-state index is 0.310. The second kappa shape index (κ2) is 5.05. The summed E-state index contributed by atoms with van der Waals surface area (Å²) in [6.45, 7) is 4.74. The fourth-order valence-corrected chi connectivity index (χ4v) is 1.05. The molecule has 1 aromatic rings. The van der Waals surface area contributed by atoms with Gasteiger partial charge < -0.3 is 4.74 Å². The van der Waals surface area contributed by atoms with Crippen LogP contribution in [0.5, 0.6) is 0 Å². The van der Waals surface area contributed by atoms with E-state index in [0.717, 1.165) is 6.26 Å². The van der Waals surface area contributed by atoms with Crippen LogP contribution in [0.25, 0.3) is 0 Å². The topological polar surface area (TPSA) is 56.3 Å². The van der Waals surface area contributed by atoms with E-state index in [9.17, 15) is 9.59 Å². The van der Waals surface area contributed by atoms with Crippen LogP contribution in [-0.2, 0) is 9.53 Å². The summed E-state index contributed by atoms with van der Waals surface area (Å²) >= 11 is 0. The number of carbonyl (C=O) groups excluding carboxylic acids is 2. The number of aromatic nitrogens is 1. The van der Waals surface area contributed by atoms with Crippen LogP contribution in [0.4, 0.5) is 0 Å². The summed E-state index contributed by atoms with van der Waals surface area (Å²) < 4.78 is 4.53. The number of carbonyl (C=O) groups is 2. The van der Waals surface area contributed by atoms with Crippen LogP contribution < -0.4 is 0 Å². The molecular weight excluding hydrogens is 194 g/mol. The zero-order chi connectivity index (χ0) is 11.3. The Hall–Kier alpha value is -1.97. The summed E-state index contributed by atoms with van der Waals surface area (Å²) in [7, 11) is 0. The lowest BCUT2D eigenvalue weighted by molar-refractivity contribution is -0.140. The van der Waals surface area contributed by atoms with Gasteiger partial charge in [0.1, 0.15) is 5.92 Å². The highest BCUT2D eigenvalue weighted by Crippen LogP contribution is 2.09. The molecular formula is C11H11NO3. The fourth-order valence-electron chi connectivity index (χ4n) is 1.05. The fraction of sp³-hybridized carbons (Fsp3) is 0.182. The van der Waals surface area contributed by atoms with Crippen molar-refractivity contribution in [2.75, 3.05) is 0 Å². The van der Waals surface area contributed by atoms with Crippen molar-refractivity contribution in [1.82, 2.24) is 4.98 Å². The maximum atomic E-state index is 11.7. The molecule has 1 rings (SSSR count). The lowest BCUT2D eigenvalue weighted by Crippen LogP contribution is -2.22. The van der Waals surface area contributed by atoms with Crippen molar-refractivity contribution in [3.05, 3.63) is 42.9 Å². The van der Waals surface area contributed by atoms with Crippen LogP contribution in [0.3, 0.4) is 0 Å². The van der Waals surface area contributed by atoms with Gasteiger partial charge in [0.25, 0.3) is 0 Å². The smallest absolute Gasteiger partial charge is 0.321 e. The Labute approximate surface area is 87.6 Å². The number of Topliss-reactive ketones (excluding diaryl/α,β-unsaturated/α-hetero) is 1. The van der Waals surface area contributed by atoms with E-state index in [4.69, 9.17) is 0 Å². The maximum Gasteiger partial charge on any atom is 0.321 e. The first kappa shape index (κ1) is 11.1. The first-order valence-corrected chi connectivity index (χ1v) is 4.42. The molecule has 0 radical (unpaired) electrons. The standard InChI is InChI=1S/C11H11NO3/c1-3-15-11(14)8(2)10(13)9-5-4-6-12-7-9/h3-8H,1H2,2H3. The van der Waals surface area contributed by atoms with Crippen LogP contribution in [0.15, 0.2) is 37.4 Å². The summed E-state index contributed by atoms with van der Waals surface area (Å²) in [5, 5.41) is 0. The van der Waals surface area contributed by atoms with E-state index < -0.39 is 11.9 Å². The lowest BCUT2D eigenvalue weighted by Gasteiger charge is -2.07. The van der Waals surface area contributed by atoms with E-state index in [1.165, 1.54) is 13.1 Å². The van der Waals surface area contributed by atoms with Gasteiger partial charge in [-0.3, -0.25) is 14.6 Å². The van der Waals surface area contributed by atoms with Crippen molar-refractivity contribution in [2.45, 2.75) is 6.92 Å². The summed E-state index contributed by atoms with van der Waals surface area (Å²) in [6, 6.07) is 3.24. The Morgan fingerprint density at radius 3 is 2.87 bits per heavy atom. The minimum Gasteiger partial charge on any atom is -0.435 e. The molecule has 1 atom stereocenters. The van der Waals surface area contributed by atoms with E-state index in [0.29, 0.717) is 5.56 Å².